The molecule has 2 atom stereocenters. The predicted octanol–water partition coefficient (Wildman–Crippen LogP) is 5.14. The molecule has 0 amide bonds. The normalized spacial score (nSPS) is 17.3. The number of thiocarbonyl (C=S) groups is 1. The lowest BCUT2D eigenvalue weighted by Crippen LogP contribution is -2.29. The summed E-state index contributed by atoms with van der Waals surface area (Å²) in [5, 5.41) is 25.5. The van der Waals surface area contributed by atoms with Crippen molar-refractivity contribution in [3.05, 3.63) is 101 Å². The van der Waals surface area contributed by atoms with Gasteiger partial charge in [-0.15, -0.1) is 0 Å². The number of phenolic OH excluding ortho intramolecular Hbond substituents is 1. The van der Waals surface area contributed by atoms with Crippen LogP contribution in [0.1, 0.15) is 23.5 Å². The molecule has 3 heterocycles. The van der Waals surface area contributed by atoms with Gasteiger partial charge >= 0.3 is 0 Å². The number of anilines is 1. The Labute approximate surface area is 205 Å². The molecule has 0 bridgehead atoms. The lowest BCUT2D eigenvalue weighted by atomic mass is 10.0. The molecule has 0 unspecified atom stereocenters. The number of methoxy groups -OCH3 is 1. The molecule has 2 aromatic carbocycles. The van der Waals surface area contributed by atoms with Crippen LogP contribution in [0.15, 0.2) is 83.4 Å². The van der Waals surface area contributed by atoms with Gasteiger partial charge in [-0.1, -0.05) is 18.2 Å². The van der Waals surface area contributed by atoms with Crippen molar-refractivity contribution in [1.82, 2.24) is 10.3 Å². The van der Waals surface area contributed by atoms with Gasteiger partial charge in [-0.25, -0.2) is 0 Å². The van der Waals surface area contributed by atoms with Crippen molar-refractivity contribution in [2.24, 2.45) is 0 Å². The van der Waals surface area contributed by atoms with Crippen LogP contribution in [0.2, 0.25) is 0 Å². The van der Waals surface area contributed by atoms with Crippen LogP contribution >= 0.6 is 12.2 Å². The highest BCUT2D eigenvalue weighted by molar-refractivity contribution is 7.80. The molecule has 1 aliphatic heterocycles. The number of nitro benzene ring substituents is 1. The topological polar surface area (TPSA) is 114 Å². The number of hydrogen-bond acceptors (Lipinski definition) is 7. The molecule has 2 N–H and O–H groups in total. The van der Waals surface area contributed by atoms with Crippen LogP contribution in [0, 0.1) is 10.1 Å². The summed E-state index contributed by atoms with van der Waals surface area (Å²) in [7, 11) is 1.45. The number of nitrogens with zero attached hydrogens (tertiary/aromatic N) is 3. The number of rotatable bonds is 6. The van der Waals surface area contributed by atoms with Crippen LogP contribution in [0.25, 0.3) is 11.3 Å². The number of para-hydroxylation sites is 2. The first-order valence-corrected chi connectivity index (χ1v) is 11.1. The molecule has 4 aromatic rings. The van der Waals surface area contributed by atoms with E-state index in [2.05, 4.69) is 10.3 Å². The molecule has 0 radical (unpaired) electrons. The van der Waals surface area contributed by atoms with Crippen LogP contribution in [0.5, 0.6) is 11.5 Å². The van der Waals surface area contributed by atoms with Crippen LogP contribution in [0.3, 0.4) is 0 Å². The van der Waals surface area contributed by atoms with Crippen molar-refractivity contribution in [2.45, 2.75) is 12.1 Å². The number of hydrogen-bond donors (Lipinski definition) is 2. The maximum Gasteiger partial charge on any atom is 0.273 e. The van der Waals surface area contributed by atoms with E-state index in [4.69, 9.17) is 21.4 Å². The number of furan rings is 1. The number of non-ortho nitro benzene ring substituents is 1. The Kier molecular flexibility index (Phi) is 5.79. The maximum absolute atomic E-state index is 11.2. The molecule has 176 valence electrons. The SMILES string of the molecule is COc1cc([N+](=O)[O-])ccc1-c1ccc([C@@H]2[C@@H](c3ccccn3)NC(=S)N2c2ccccc2O)o1. The minimum absolute atomic E-state index is 0.0761. The van der Waals surface area contributed by atoms with Gasteiger partial charge in [-0.2, -0.15) is 0 Å². The van der Waals surface area contributed by atoms with E-state index in [0.717, 1.165) is 5.69 Å². The summed E-state index contributed by atoms with van der Waals surface area (Å²) >= 11 is 5.67. The van der Waals surface area contributed by atoms with Crippen molar-refractivity contribution in [3.63, 3.8) is 0 Å². The predicted molar refractivity (Wildman–Crippen MR) is 133 cm³/mol. The van der Waals surface area contributed by atoms with Crippen LogP contribution < -0.4 is 15.0 Å². The molecule has 1 saturated heterocycles. The summed E-state index contributed by atoms with van der Waals surface area (Å²) < 4.78 is 11.7. The fraction of sp³-hybridized carbons (Fsp3) is 0.120. The molecule has 0 aliphatic carbocycles. The molecule has 9 nitrogen and oxygen atoms in total. The van der Waals surface area contributed by atoms with Gasteiger partial charge in [-0.05, 0) is 54.7 Å². The van der Waals surface area contributed by atoms with Crippen molar-refractivity contribution in [3.8, 4) is 22.8 Å². The van der Waals surface area contributed by atoms with Crippen molar-refractivity contribution in [2.75, 3.05) is 12.0 Å². The smallest absolute Gasteiger partial charge is 0.273 e. The highest BCUT2D eigenvalue weighted by Crippen LogP contribution is 2.45. The standard InChI is InChI=1S/C25H20N4O5S/c1-33-22-14-15(29(31)32)9-10-16(22)20-11-12-21(34-20)24-23(17-6-4-5-13-26-17)27-25(35)28(24)18-7-2-3-8-19(18)30/h2-14,23-24,30H,1H3,(H,27,35)/t23-,24-/m1/s1. The van der Waals surface area contributed by atoms with Gasteiger partial charge in [0.25, 0.3) is 5.69 Å². The molecule has 35 heavy (non-hydrogen) atoms. The van der Waals surface area contributed by atoms with Crippen molar-refractivity contribution in [1.29, 1.82) is 0 Å². The summed E-state index contributed by atoms with van der Waals surface area (Å²) in [6, 6.07) is 19.7. The number of aromatic nitrogens is 1. The van der Waals surface area contributed by atoms with Gasteiger partial charge in [-0.3, -0.25) is 15.1 Å². The van der Waals surface area contributed by atoms with E-state index in [9.17, 15) is 15.2 Å². The maximum atomic E-state index is 11.2. The summed E-state index contributed by atoms with van der Waals surface area (Å²) in [6.45, 7) is 0. The Balaban J connectivity index is 1.61. The number of nitro groups is 1. The zero-order valence-corrected chi connectivity index (χ0v) is 19.3. The molecule has 10 heteroatoms. The fourth-order valence-corrected chi connectivity index (χ4v) is 4.56. The minimum atomic E-state index is -0.479. The third kappa shape index (κ3) is 4.04. The lowest BCUT2D eigenvalue weighted by molar-refractivity contribution is -0.384. The van der Waals surface area contributed by atoms with E-state index < -0.39 is 11.0 Å². The van der Waals surface area contributed by atoms with Crippen molar-refractivity contribution < 1.29 is 19.2 Å². The first-order valence-electron chi connectivity index (χ1n) is 10.7. The molecular weight excluding hydrogens is 468 g/mol. The molecule has 0 spiro atoms. The van der Waals surface area contributed by atoms with Crippen molar-refractivity contribution >= 4 is 28.7 Å². The van der Waals surface area contributed by atoms with Crippen LogP contribution in [-0.2, 0) is 0 Å². The largest absolute Gasteiger partial charge is 0.506 e. The number of ether oxygens (including phenoxy) is 1. The minimum Gasteiger partial charge on any atom is -0.506 e. The van der Waals surface area contributed by atoms with Crippen LogP contribution in [-0.4, -0.2) is 27.2 Å². The molecule has 1 aliphatic rings. The highest BCUT2D eigenvalue weighted by atomic mass is 32.1. The van der Waals surface area contributed by atoms with Gasteiger partial charge in [0, 0.05) is 12.3 Å². The number of nitrogens with one attached hydrogen (secondary N) is 1. The monoisotopic (exact) mass is 488 g/mol. The quantitative estimate of drug-likeness (QED) is 0.216. The van der Waals surface area contributed by atoms with Gasteiger partial charge in [0.15, 0.2) is 5.11 Å². The summed E-state index contributed by atoms with van der Waals surface area (Å²) in [5.41, 5.74) is 1.77. The number of aromatic hydroxyl groups is 1. The molecule has 1 fully saturated rings. The number of pyridine rings is 1. The van der Waals surface area contributed by atoms with E-state index in [-0.39, 0.29) is 17.5 Å². The third-order valence-corrected chi connectivity index (χ3v) is 6.13. The Morgan fingerprint density at radius 3 is 2.66 bits per heavy atom. The summed E-state index contributed by atoms with van der Waals surface area (Å²) in [6.07, 6.45) is 1.70. The van der Waals surface area contributed by atoms with Gasteiger partial charge in [0.05, 0.1) is 41.1 Å². The van der Waals surface area contributed by atoms with E-state index in [1.807, 2.05) is 30.3 Å². The van der Waals surface area contributed by atoms with Crippen LogP contribution in [0.4, 0.5) is 11.4 Å². The molecule has 0 saturated carbocycles. The Morgan fingerprint density at radius 1 is 1.14 bits per heavy atom. The van der Waals surface area contributed by atoms with E-state index in [0.29, 0.717) is 33.6 Å². The first kappa shape index (κ1) is 22.4. The van der Waals surface area contributed by atoms with Gasteiger partial charge < -0.3 is 24.5 Å². The Morgan fingerprint density at radius 2 is 1.94 bits per heavy atom. The second-order valence-electron chi connectivity index (χ2n) is 7.83. The van der Waals surface area contributed by atoms with E-state index in [1.165, 1.54) is 19.2 Å². The second-order valence-corrected chi connectivity index (χ2v) is 8.22. The first-order chi connectivity index (χ1) is 17.0. The lowest BCUT2D eigenvalue weighted by Gasteiger charge is -2.26. The van der Waals surface area contributed by atoms with E-state index >= 15 is 0 Å². The second kappa shape index (κ2) is 9.07. The molecular formula is C25H20N4O5S. The average molecular weight is 489 g/mol. The highest BCUT2D eigenvalue weighted by Gasteiger charge is 2.43. The Bertz CT molecular complexity index is 1410. The number of benzene rings is 2. The van der Waals surface area contributed by atoms with Gasteiger partial charge in [0.1, 0.15) is 29.1 Å². The zero-order chi connectivity index (χ0) is 24.5. The average Bonchev–Trinajstić information content (AvgIpc) is 3.49. The molecule has 2 aromatic heterocycles. The number of phenols is 1. The zero-order valence-electron chi connectivity index (χ0n) is 18.5. The molecule has 5 rings (SSSR count). The third-order valence-electron chi connectivity index (χ3n) is 5.82. The fourth-order valence-electron chi connectivity index (χ4n) is 4.22. The summed E-state index contributed by atoms with van der Waals surface area (Å²) in [5.74, 6) is 1.43. The Hall–Kier alpha value is -4.44. The van der Waals surface area contributed by atoms with E-state index in [1.54, 1.807) is 41.4 Å². The summed E-state index contributed by atoms with van der Waals surface area (Å²) in [4.78, 5) is 17.0. The van der Waals surface area contributed by atoms with Gasteiger partial charge in [0.2, 0.25) is 0 Å².